The highest BCUT2D eigenvalue weighted by Gasteiger charge is 2.10. The number of aliphatic imine (C=N–C) groups is 2. The first-order chi connectivity index (χ1) is 14.2. The lowest BCUT2D eigenvalue weighted by atomic mass is 10.1. The van der Waals surface area contributed by atoms with Crippen molar-refractivity contribution in [2.75, 3.05) is 0 Å². The van der Waals surface area contributed by atoms with Crippen molar-refractivity contribution in [1.29, 1.82) is 0 Å². The SMILES string of the molecule is CC(=Nc1c(C)cc(C)cc1Cl)c1cccc(C(C)=Nc2c(C)cc(C)cc2Cl)n1. The summed E-state index contributed by atoms with van der Waals surface area (Å²) in [6, 6.07) is 13.8. The lowest BCUT2D eigenvalue weighted by Gasteiger charge is -2.09. The molecule has 2 aromatic carbocycles. The van der Waals surface area contributed by atoms with Gasteiger partial charge in [0.25, 0.3) is 0 Å². The van der Waals surface area contributed by atoms with E-state index in [0.717, 1.165) is 56.4 Å². The molecule has 0 aliphatic carbocycles. The van der Waals surface area contributed by atoms with Gasteiger partial charge in [-0.1, -0.05) is 41.4 Å². The summed E-state index contributed by atoms with van der Waals surface area (Å²) in [5.74, 6) is 0. The zero-order chi connectivity index (χ0) is 22.0. The van der Waals surface area contributed by atoms with Crippen LogP contribution < -0.4 is 0 Å². The molecule has 0 N–H and O–H groups in total. The Hall–Kier alpha value is -2.49. The van der Waals surface area contributed by atoms with Gasteiger partial charge >= 0.3 is 0 Å². The molecule has 0 unspecified atom stereocenters. The van der Waals surface area contributed by atoms with Crippen molar-refractivity contribution in [3.63, 3.8) is 0 Å². The van der Waals surface area contributed by atoms with Crippen LogP contribution in [0.4, 0.5) is 11.4 Å². The van der Waals surface area contributed by atoms with Crippen molar-refractivity contribution in [1.82, 2.24) is 4.98 Å². The molecule has 3 rings (SSSR count). The normalized spacial score (nSPS) is 12.4. The quantitative estimate of drug-likeness (QED) is 0.382. The van der Waals surface area contributed by atoms with E-state index in [-0.39, 0.29) is 0 Å². The van der Waals surface area contributed by atoms with Crippen molar-refractivity contribution in [3.05, 3.63) is 86.2 Å². The molecule has 0 radical (unpaired) electrons. The highest BCUT2D eigenvalue weighted by Crippen LogP contribution is 2.32. The fraction of sp³-hybridized carbons (Fsp3) is 0.240. The monoisotopic (exact) mass is 437 g/mol. The standard InChI is InChI=1S/C25H25Cl2N3/c1-14-10-16(3)24(20(26)12-14)28-18(5)22-8-7-9-23(30-22)19(6)29-25-17(4)11-15(2)13-21(25)27/h7-13H,1-6H3. The zero-order valence-corrected chi connectivity index (χ0v) is 19.7. The third-order valence-corrected chi connectivity index (χ3v) is 5.42. The Labute approximate surface area is 188 Å². The summed E-state index contributed by atoms with van der Waals surface area (Å²) < 4.78 is 0. The van der Waals surface area contributed by atoms with Gasteiger partial charge in [0.15, 0.2) is 0 Å². The van der Waals surface area contributed by atoms with E-state index in [1.807, 2.05) is 71.9 Å². The fourth-order valence-electron chi connectivity index (χ4n) is 3.39. The number of benzene rings is 2. The molecule has 0 atom stereocenters. The first-order valence-corrected chi connectivity index (χ1v) is 10.5. The second-order valence-corrected chi connectivity index (χ2v) is 8.44. The molecule has 154 valence electrons. The van der Waals surface area contributed by atoms with Crippen molar-refractivity contribution in [2.24, 2.45) is 9.98 Å². The summed E-state index contributed by atoms with van der Waals surface area (Å²) in [7, 11) is 0. The minimum absolute atomic E-state index is 0.644. The maximum absolute atomic E-state index is 6.42. The number of nitrogens with zero attached hydrogens (tertiary/aromatic N) is 3. The van der Waals surface area contributed by atoms with Crippen molar-refractivity contribution >= 4 is 46.0 Å². The second-order valence-electron chi connectivity index (χ2n) is 7.63. The van der Waals surface area contributed by atoms with Crippen LogP contribution in [0.5, 0.6) is 0 Å². The van der Waals surface area contributed by atoms with Gasteiger partial charge < -0.3 is 0 Å². The molecule has 0 aliphatic heterocycles. The van der Waals surface area contributed by atoms with Crippen molar-refractivity contribution in [3.8, 4) is 0 Å². The number of hydrogen-bond acceptors (Lipinski definition) is 3. The van der Waals surface area contributed by atoms with Crippen LogP contribution in [0.1, 0.15) is 47.5 Å². The topological polar surface area (TPSA) is 37.6 Å². The summed E-state index contributed by atoms with van der Waals surface area (Å²) in [6.45, 7) is 12.0. The van der Waals surface area contributed by atoms with Gasteiger partial charge in [0.1, 0.15) is 0 Å². The summed E-state index contributed by atoms with van der Waals surface area (Å²) in [6.07, 6.45) is 0. The molecule has 3 nitrogen and oxygen atoms in total. The molecule has 0 amide bonds. The van der Waals surface area contributed by atoms with E-state index < -0.39 is 0 Å². The van der Waals surface area contributed by atoms with Crippen molar-refractivity contribution < 1.29 is 0 Å². The summed E-state index contributed by atoms with van der Waals surface area (Å²) in [5, 5.41) is 1.29. The van der Waals surface area contributed by atoms with E-state index in [0.29, 0.717) is 10.0 Å². The van der Waals surface area contributed by atoms with Gasteiger partial charge in [-0.25, -0.2) is 15.0 Å². The van der Waals surface area contributed by atoms with Gasteiger partial charge in [-0.3, -0.25) is 0 Å². The van der Waals surface area contributed by atoms with E-state index in [1.54, 1.807) is 0 Å². The largest absolute Gasteiger partial charge is 0.250 e. The minimum Gasteiger partial charge on any atom is -0.250 e. The Balaban J connectivity index is 1.99. The van der Waals surface area contributed by atoms with Gasteiger partial charge in [0.05, 0.1) is 44.2 Å². The maximum Gasteiger partial charge on any atom is 0.0849 e. The highest BCUT2D eigenvalue weighted by atomic mass is 35.5. The lowest BCUT2D eigenvalue weighted by molar-refractivity contribution is 1.23. The molecule has 3 aromatic rings. The second kappa shape index (κ2) is 9.11. The van der Waals surface area contributed by atoms with E-state index >= 15 is 0 Å². The van der Waals surface area contributed by atoms with Crippen LogP contribution in [0.25, 0.3) is 0 Å². The Kier molecular flexibility index (Phi) is 6.74. The van der Waals surface area contributed by atoms with Crippen LogP contribution in [-0.4, -0.2) is 16.4 Å². The molecule has 1 aromatic heterocycles. The smallest absolute Gasteiger partial charge is 0.0849 e. The molecule has 30 heavy (non-hydrogen) atoms. The average Bonchev–Trinajstić information content (AvgIpc) is 2.67. The number of hydrogen-bond donors (Lipinski definition) is 0. The molecule has 0 spiro atoms. The lowest BCUT2D eigenvalue weighted by Crippen LogP contribution is -2.05. The van der Waals surface area contributed by atoms with Gasteiger partial charge in [-0.2, -0.15) is 0 Å². The highest BCUT2D eigenvalue weighted by molar-refractivity contribution is 6.33. The van der Waals surface area contributed by atoms with Crippen LogP contribution in [0, 0.1) is 27.7 Å². The van der Waals surface area contributed by atoms with Crippen LogP contribution in [0.2, 0.25) is 10.0 Å². The van der Waals surface area contributed by atoms with Crippen LogP contribution in [0.3, 0.4) is 0 Å². The average molecular weight is 438 g/mol. The van der Waals surface area contributed by atoms with E-state index in [4.69, 9.17) is 38.2 Å². The molecule has 0 aliphatic rings. The van der Waals surface area contributed by atoms with Crippen LogP contribution in [0.15, 0.2) is 52.4 Å². The summed E-state index contributed by atoms with van der Waals surface area (Å²) in [5.41, 5.74) is 9.02. The number of rotatable bonds is 4. The van der Waals surface area contributed by atoms with Crippen LogP contribution in [-0.2, 0) is 0 Å². The van der Waals surface area contributed by atoms with Gasteiger partial charge in [0, 0.05) is 0 Å². The van der Waals surface area contributed by atoms with Gasteiger partial charge in [0.2, 0.25) is 0 Å². The molecule has 0 saturated heterocycles. The third-order valence-electron chi connectivity index (χ3n) is 4.85. The maximum atomic E-state index is 6.42. The Morgan fingerprint density at radius 1 is 0.700 bits per heavy atom. The van der Waals surface area contributed by atoms with E-state index in [2.05, 4.69) is 12.1 Å². The zero-order valence-electron chi connectivity index (χ0n) is 18.1. The van der Waals surface area contributed by atoms with Crippen molar-refractivity contribution in [2.45, 2.75) is 41.5 Å². The van der Waals surface area contributed by atoms with Crippen LogP contribution >= 0.6 is 23.2 Å². The first kappa shape index (κ1) is 22.2. The van der Waals surface area contributed by atoms with E-state index in [9.17, 15) is 0 Å². The van der Waals surface area contributed by atoms with E-state index in [1.165, 1.54) is 0 Å². The molecule has 0 saturated carbocycles. The first-order valence-electron chi connectivity index (χ1n) is 9.77. The fourth-order valence-corrected chi connectivity index (χ4v) is 4.11. The molecule has 5 heteroatoms. The molecule has 1 heterocycles. The molecular formula is C25H25Cl2N3. The summed E-state index contributed by atoms with van der Waals surface area (Å²) in [4.78, 5) is 14.3. The number of halogens is 2. The minimum atomic E-state index is 0.644. The summed E-state index contributed by atoms with van der Waals surface area (Å²) >= 11 is 12.8. The predicted molar refractivity (Wildman–Crippen MR) is 130 cm³/mol. The van der Waals surface area contributed by atoms with Gasteiger partial charge in [-0.05, 0) is 88.1 Å². The molecule has 0 fully saturated rings. The predicted octanol–water partition coefficient (Wildman–Crippen LogP) is 7.90. The molecule has 0 bridgehead atoms. The Bertz CT molecular complexity index is 1040. The number of aromatic nitrogens is 1. The number of pyridine rings is 1. The Morgan fingerprint density at radius 3 is 1.47 bits per heavy atom. The van der Waals surface area contributed by atoms with Gasteiger partial charge in [-0.15, -0.1) is 0 Å². The Morgan fingerprint density at radius 2 is 1.10 bits per heavy atom. The number of aryl methyl sites for hydroxylation is 4. The molecular weight excluding hydrogens is 413 g/mol. The third kappa shape index (κ3) is 4.97.